The number of nitrogens with zero attached hydrogens (tertiary/aromatic N) is 2. The van der Waals surface area contributed by atoms with Gasteiger partial charge in [-0.3, -0.25) is 4.57 Å². The summed E-state index contributed by atoms with van der Waals surface area (Å²) in [4.78, 5) is 4.56. The second-order valence-corrected chi connectivity index (χ2v) is 5.55. The smallest absolute Gasteiger partial charge is 0.129 e. The fraction of sp³-hybridized carbons (Fsp3) is 0.188. The number of imidazole rings is 1. The quantitative estimate of drug-likeness (QED) is 0.607. The lowest BCUT2D eigenvalue weighted by Gasteiger charge is -2.10. The van der Waals surface area contributed by atoms with Gasteiger partial charge in [-0.1, -0.05) is 23.7 Å². The molecule has 1 aromatic heterocycles. The van der Waals surface area contributed by atoms with Crippen molar-refractivity contribution in [3.8, 4) is 5.69 Å². The summed E-state index contributed by atoms with van der Waals surface area (Å²) in [6, 6.07) is 12.1. The first kappa shape index (κ1) is 13.5. The first-order chi connectivity index (χ1) is 9.61. The van der Waals surface area contributed by atoms with Crippen molar-refractivity contribution in [1.29, 1.82) is 0 Å². The third kappa shape index (κ3) is 2.09. The van der Waals surface area contributed by atoms with Crippen LogP contribution in [0, 0.1) is 13.8 Å². The van der Waals surface area contributed by atoms with Crippen molar-refractivity contribution < 1.29 is 0 Å². The maximum absolute atomic E-state index is 6.22. The van der Waals surface area contributed by atoms with Crippen molar-refractivity contribution in [2.24, 2.45) is 0 Å². The highest BCUT2D eigenvalue weighted by Crippen LogP contribution is 2.28. The van der Waals surface area contributed by atoms with Crippen LogP contribution in [-0.4, -0.2) is 9.55 Å². The highest BCUT2D eigenvalue weighted by atomic mass is 35.5. The lowest BCUT2D eigenvalue weighted by atomic mass is 10.1. The van der Waals surface area contributed by atoms with Gasteiger partial charge in [0.15, 0.2) is 0 Å². The van der Waals surface area contributed by atoms with Gasteiger partial charge in [-0.05, 0) is 49.2 Å². The van der Waals surface area contributed by atoms with Crippen molar-refractivity contribution in [1.82, 2.24) is 9.55 Å². The molecule has 0 aliphatic rings. The lowest BCUT2D eigenvalue weighted by molar-refractivity contribution is 0.978. The fourth-order valence-electron chi connectivity index (χ4n) is 2.36. The zero-order valence-corrected chi connectivity index (χ0v) is 12.8. The summed E-state index contributed by atoms with van der Waals surface area (Å²) in [6.45, 7) is 4.20. The molecule has 1 heterocycles. The summed E-state index contributed by atoms with van der Waals surface area (Å²) in [5, 5.41) is 0.649. The Morgan fingerprint density at radius 3 is 2.60 bits per heavy atom. The van der Waals surface area contributed by atoms with Gasteiger partial charge in [0.1, 0.15) is 11.3 Å². The summed E-state index contributed by atoms with van der Waals surface area (Å²) in [5.74, 6) is 1.15. The molecule has 102 valence electrons. The first-order valence-electron chi connectivity index (χ1n) is 6.41. The Morgan fingerprint density at radius 1 is 1.10 bits per heavy atom. The van der Waals surface area contributed by atoms with Crippen LogP contribution in [0.15, 0.2) is 36.4 Å². The van der Waals surface area contributed by atoms with Gasteiger partial charge in [-0.15, -0.1) is 11.6 Å². The van der Waals surface area contributed by atoms with Crippen molar-refractivity contribution in [2.75, 3.05) is 0 Å². The number of aryl methyl sites for hydroxylation is 2. The molecule has 0 saturated heterocycles. The van der Waals surface area contributed by atoms with Crippen LogP contribution in [0.2, 0.25) is 5.02 Å². The SMILES string of the molecule is Cc1ccc(-n2c(CCl)nc3c(Cl)cccc32)cc1C. The largest absolute Gasteiger partial charge is 0.295 e. The third-order valence-corrected chi connectivity index (χ3v) is 4.12. The van der Waals surface area contributed by atoms with Crippen LogP contribution in [0.4, 0.5) is 0 Å². The number of hydrogen-bond donors (Lipinski definition) is 0. The van der Waals surface area contributed by atoms with E-state index in [9.17, 15) is 0 Å². The molecule has 2 aromatic carbocycles. The number of alkyl halides is 1. The Kier molecular flexibility index (Phi) is 3.45. The number of rotatable bonds is 2. The van der Waals surface area contributed by atoms with Crippen LogP contribution in [0.25, 0.3) is 16.7 Å². The highest BCUT2D eigenvalue weighted by molar-refractivity contribution is 6.35. The number of halogens is 2. The molecule has 0 atom stereocenters. The molecular weight excluding hydrogens is 291 g/mol. The Hall–Kier alpha value is -1.51. The van der Waals surface area contributed by atoms with E-state index >= 15 is 0 Å². The van der Waals surface area contributed by atoms with Crippen LogP contribution in [0.3, 0.4) is 0 Å². The van der Waals surface area contributed by atoms with Crippen molar-refractivity contribution >= 4 is 34.2 Å². The molecule has 2 nitrogen and oxygen atoms in total. The predicted molar refractivity (Wildman–Crippen MR) is 85.1 cm³/mol. The minimum atomic E-state index is 0.345. The van der Waals surface area contributed by atoms with Crippen molar-refractivity contribution in [2.45, 2.75) is 19.7 Å². The van der Waals surface area contributed by atoms with Gasteiger partial charge in [0.25, 0.3) is 0 Å². The molecule has 0 saturated carbocycles. The molecule has 0 radical (unpaired) electrons. The van der Waals surface area contributed by atoms with Crippen LogP contribution < -0.4 is 0 Å². The minimum absolute atomic E-state index is 0.345. The second-order valence-electron chi connectivity index (χ2n) is 4.87. The lowest BCUT2D eigenvalue weighted by Crippen LogP contribution is -2.00. The topological polar surface area (TPSA) is 17.8 Å². The maximum atomic E-state index is 6.22. The van der Waals surface area contributed by atoms with E-state index in [1.165, 1.54) is 11.1 Å². The molecule has 4 heteroatoms. The Labute approximate surface area is 128 Å². The predicted octanol–water partition coefficient (Wildman–Crippen LogP) is 5.03. The molecule has 3 rings (SSSR count). The van der Waals surface area contributed by atoms with E-state index in [0.717, 1.165) is 22.5 Å². The zero-order chi connectivity index (χ0) is 14.3. The minimum Gasteiger partial charge on any atom is -0.295 e. The van der Waals surface area contributed by atoms with Gasteiger partial charge < -0.3 is 0 Å². The number of aromatic nitrogens is 2. The van der Waals surface area contributed by atoms with E-state index in [4.69, 9.17) is 23.2 Å². The zero-order valence-electron chi connectivity index (χ0n) is 11.3. The standard InChI is InChI=1S/C16H14Cl2N2/c1-10-6-7-12(8-11(10)2)20-14-5-3-4-13(18)16(14)19-15(20)9-17/h3-8H,9H2,1-2H3. The van der Waals surface area contributed by atoms with Crippen molar-refractivity contribution in [3.63, 3.8) is 0 Å². The van der Waals surface area contributed by atoms with E-state index in [1.54, 1.807) is 0 Å². The summed E-state index contributed by atoms with van der Waals surface area (Å²) < 4.78 is 2.07. The Balaban J connectivity index is 2.34. The molecule has 20 heavy (non-hydrogen) atoms. The normalized spacial score (nSPS) is 11.2. The third-order valence-electron chi connectivity index (χ3n) is 3.57. The van der Waals surface area contributed by atoms with E-state index in [0.29, 0.717) is 10.9 Å². The van der Waals surface area contributed by atoms with Crippen LogP contribution in [0.1, 0.15) is 17.0 Å². The second kappa shape index (κ2) is 5.12. The van der Waals surface area contributed by atoms with Crippen LogP contribution >= 0.6 is 23.2 Å². The maximum Gasteiger partial charge on any atom is 0.129 e. The van der Waals surface area contributed by atoms with E-state index in [-0.39, 0.29) is 0 Å². The average Bonchev–Trinajstić information content (AvgIpc) is 2.82. The molecule has 0 fully saturated rings. The van der Waals surface area contributed by atoms with E-state index < -0.39 is 0 Å². The number of hydrogen-bond acceptors (Lipinski definition) is 1. The van der Waals surface area contributed by atoms with Gasteiger partial charge in [-0.2, -0.15) is 0 Å². The molecule has 0 aliphatic heterocycles. The molecule has 3 aromatic rings. The number of fused-ring (bicyclic) bond motifs is 1. The summed E-state index contributed by atoms with van der Waals surface area (Å²) in [7, 11) is 0. The summed E-state index contributed by atoms with van der Waals surface area (Å²) >= 11 is 12.3. The molecule has 0 amide bonds. The number of para-hydroxylation sites is 1. The van der Waals surface area contributed by atoms with Crippen LogP contribution in [0.5, 0.6) is 0 Å². The van der Waals surface area contributed by atoms with E-state index in [2.05, 4.69) is 41.6 Å². The highest BCUT2D eigenvalue weighted by Gasteiger charge is 2.13. The monoisotopic (exact) mass is 304 g/mol. The first-order valence-corrected chi connectivity index (χ1v) is 7.32. The summed E-state index contributed by atoms with van der Waals surface area (Å²) in [5.41, 5.74) is 5.35. The Bertz CT molecular complexity index is 791. The van der Waals surface area contributed by atoms with Gasteiger partial charge in [0.2, 0.25) is 0 Å². The fourth-order valence-corrected chi connectivity index (χ4v) is 2.75. The van der Waals surface area contributed by atoms with E-state index in [1.807, 2.05) is 18.2 Å². The Morgan fingerprint density at radius 2 is 1.90 bits per heavy atom. The molecule has 0 aliphatic carbocycles. The van der Waals surface area contributed by atoms with Gasteiger partial charge in [0.05, 0.1) is 16.4 Å². The van der Waals surface area contributed by atoms with Gasteiger partial charge >= 0.3 is 0 Å². The van der Waals surface area contributed by atoms with Gasteiger partial charge in [-0.25, -0.2) is 4.98 Å². The molecular formula is C16H14Cl2N2. The molecule has 0 spiro atoms. The number of benzene rings is 2. The molecule has 0 N–H and O–H groups in total. The molecule has 0 bridgehead atoms. The molecule has 0 unspecified atom stereocenters. The van der Waals surface area contributed by atoms with Crippen LogP contribution in [-0.2, 0) is 5.88 Å². The summed E-state index contributed by atoms with van der Waals surface area (Å²) in [6.07, 6.45) is 0. The average molecular weight is 305 g/mol. The van der Waals surface area contributed by atoms with Crippen molar-refractivity contribution in [3.05, 3.63) is 58.4 Å². The van der Waals surface area contributed by atoms with Gasteiger partial charge in [0, 0.05) is 5.69 Å².